The Morgan fingerprint density at radius 3 is 2.62 bits per heavy atom. The number of pyridine rings is 1. The van der Waals surface area contributed by atoms with Gasteiger partial charge in [0.05, 0.1) is 19.0 Å². The minimum Gasteiger partial charge on any atom is -0.496 e. The number of aryl methyl sites for hydroxylation is 1. The Hall–Kier alpha value is -3.29. The van der Waals surface area contributed by atoms with E-state index in [4.69, 9.17) is 14.6 Å². The maximum Gasteiger partial charge on any atom is 0.405 e. The molecule has 0 saturated carbocycles. The van der Waals surface area contributed by atoms with Crippen molar-refractivity contribution >= 4 is 17.7 Å². The summed E-state index contributed by atoms with van der Waals surface area (Å²) in [6.45, 7) is 3.65. The van der Waals surface area contributed by atoms with E-state index in [-0.39, 0.29) is 0 Å². The van der Waals surface area contributed by atoms with E-state index >= 15 is 0 Å². The Morgan fingerprint density at radius 1 is 1.27 bits per heavy atom. The lowest BCUT2D eigenvalue weighted by Crippen LogP contribution is -2.42. The molecule has 0 spiro atoms. The Morgan fingerprint density at radius 2 is 2.04 bits per heavy atom. The zero-order valence-corrected chi connectivity index (χ0v) is 14.8. The van der Waals surface area contributed by atoms with Crippen LogP contribution in [-0.4, -0.2) is 35.2 Å². The van der Waals surface area contributed by atoms with Gasteiger partial charge in [-0.15, -0.1) is 0 Å². The Kier molecular flexibility index (Phi) is 6.37. The lowest BCUT2D eigenvalue weighted by Gasteiger charge is -2.14. The number of aromatic nitrogens is 1. The van der Waals surface area contributed by atoms with Crippen LogP contribution in [0.1, 0.15) is 18.9 Å². The first-order valence-corrected chi connectivity index (χ1v) is 8.01. The third-order valence-electron chi connectivity index (χ3n) is 3.63. The first-order chi connectivity index (χ1) is 12.4. The van der Waals surface area contributed by atoms with E-state index in [1.54, 1.807) is 38.3 Å². The van der Waals surface area contributed by atoms with Crippen molar-refractivity contribution in [3.63, 3.8) is 0 Å². The fraction of sp³-hybridized carbons (Fsp3) is 0.278. The molecule has 8 nitrogen and oxygen atoms in total. The highest BCUT2D eigenvalue weighted by Crippen LogP contribution is 2.27. The minimum atomic E-state index is -1.25. The van der Waals surface area contributed by atoms with Crippen LogP contribution in [-0.2, 0) is 4.79 Å². The number of amides is 2. The molecule has 2 amide bonds. The molecule has 0 bridgehead atoms. The van der Waals surface area contributed by atoms with Crippen molar-refractivity contribution in [2.75, 3.05) is 12.4 Å². The van der Waals surface area contributed by atoms with E-state index in [2.05, 4.69) is 15.6 Å². The molecule has 2 aromatic rings. The van der Waals surface area contributed by atoms with Crippen molar-refractivity contribution in [1.29, 1.82) is 0 Å². The van der Waals surface area contributed by atoms with Gasteiger partial charge in [0.1, 0.15) is 17.5 Å². The van der Waals surface area contributed by atoms with Crippen LogP contribution in [0.3, 0.4) is 0 Å². The second kappa shape index (κ2) is 8.70. The second-order valence-electron chi connectivity index (χ2n) is 5.52. The molecule has 26 heavy (non-hydrogen) atoms. The molecule has 3 N–H and O–H groups in total. The molecule has 138 valence electrons. The Bertz CT molecular complexity index is 777. The van der Waals surface area contributed by atoms with Gasteiger partial charge in [0.15, 0.2) is 0 Å². The number of hydrogen-bond acceptors (Lipinski definition) is 5. The standard InChI is InChI=1S/C18H21N3O5/c1-4-14(21-18(23)24)17(22)20-12-6-8-16(19-10-12)26-13-7-5-11(2)15(9-13)25-3/h5-10,14,21H,4H2,1-3H3,(H,20,22)(H,23,24)/t14-/m0/s1. The SMILES string of the molecule is CC[C@H](NC(=O)O)C(=O)Nc1ccc(Oc2ccc(C)c(OC)c2)nc1. The van der Waals surface area contributed by atoms with Crippen molar-refractivity contribution in [3.8, 4) is 17.4 Å². The number of carbonyl (C=O) groups is 2. The van der Waals surface area contributed by atoms with Gasteiger partial charge in [-0.25, -0.2) is 9.78 Å². The van der Waals surface area contributed by atoms with Gasteiger partial charge >= 0.3 is 6.09 Å². The lowest BCUT2D eigenvalue weighted by molar-refractivity contribution is -0.118. The maximum absolute atomic E-state index is 12.0. The molecule has 0 saturated heterocycles. The van der Waals surface area contributed by atoms with Gasteiger partial charge in [0, 0.05) is 12.1 Å². The van der Waals surface area contributed by atoms with Gasteiger partial charge in [-0.2, -0.15) is 0 Å². The quantitative estimate of drug-likeness (QED) is 0.700. The lowest BCUT2D eigenvalue weighted by atomic mass is 10.2. The molecule has 0 fully saturated rings. The number of ether oxygens (including phenoxy) is 2. The Labute approximate surface area is 151 Å². The van der Waals surface area contributed by atoms with Crippen molar-refractivity contribution in [2.24, 2.45) is 0 Å². The average Bonchev–Trinajstić information content (AvgIpc) is 2.62. The van der Waals surface area contributed by atoms with Gasteiger partial charge in [-0.05, 0) is 31.0 Å². The van der Waals surface area contributed by atoms with E-state index in [0.29, 0.717) is 29.5 Å². The van der Waals surface area contributed by atoms with Gasteiger partial charge in [0.2, 0.25) is 11.8 Å². The molecule has 1 aromatic carbocycles. The third-order valence-corrected chi connectivity index (χ3v) is 3.63. The van der Waals surface area contributed by atoms with Gasteiger partial charge in [0.25, 0.3) is 0 Å². The second-order valence-corrected chi connectivity index (χ2v) is 5.52. The van der Waals surface area contributed by atoms with E-state index in [1.807, 2.05) is 13.0 Å². The highest BCUT2D eigenvalue weighted by Gasteiger charge is 2.18. The summed E-state index contributed by atoms with van der Waals surface area (Å²) in [6, 6.07) is 7.84. The molecular formula is C18H21N3O5. The predicted octanol–water partition coefficient (Wildman–Crippen LogP) is 3.18. The first kappa shape index (κ1) is 19.0. The van der Waals surface area contributed by atoms with E-state index in [9.17, 15) is 9.59 Å². The number of methoxy groups -OCH3 is 1. The van der Waals surface area contributed by atoms with E-state index in [0.717, 1.165) is 5.56 Å². The number of carbonyl (C=O) groups excluding carboxylic acids is 1. The van der Waals surface area contributed by atoms with Gasteiger partial charge in [-0.3, -0.25) is 4.79 Å². The fourth-order valence-electron chi connectivity index (χ4n) is 2.23. The van der Waals surface area contributed by atoms with Gasteiger partial charge < -0.3 is 25.2 Å². The number of anilines is 1. The summed E-state index contributed by atoms with van der Waals surface area (Å²) in [6.07, 6.45) is 0.524. The number of benzene rings is 1. The zero-order chi connectivity index (χ0) is 19.1. The molecule has 0 aliphatic rings. The number of rotatable bonds is 7. The molecule has 0 radical (unpaired) electrons. The molecule has 0 aliphatic carbocycles. The average molecular weight is 359 g/mol. The summed E-state index contributed by atoms with van der Waals surface area (Å²) in [7, 11) is 1.59. The zero-order valence-electron chi connectivity index (χ0n) is 14.8. The molecular weight excluding hydrogens is 338 g/mol. The van der Waals surface area contributed by atoms with Gasteiger partial charge in [-0.1, -0.05) is 13.0 Å². The summed E-state index contributed by atoms with van der Waals surface area (Å²) in [5.74, 6) is 1.19. The summed E-state index contributed by atoms with van der Waals surface area (Å²) >= 11 is 0. The Balaban J connectivity index is 2.01. The number of carboxylic acid groups (broad SMARTS) is 1. The summed E-state index contributed by atoms with van der Waals surface area (Å²) in [4.78, 5) is 26.9. The van der Waals surface area contributed by atoms with Crippen LogP contribution in [0.5, 0.6) is 17.4 Å². The molecule has 8 heteroatoms. The highest BCUT2D eigenvalue weighted by atomic mass is 16.5. The van der Waals surface area contributed by atoms with Crippen LogP contribution in [0.15, 0.2) is 36.5 Å². The monoisotopic (exact) mass is 359 g/mol. The van der Waals surface area contributed by atoms with Crippen LogP contribution in [0, 0.1) is 6.92 Å². The van der Waals surface area contributed by atoms with Crippen LogP contribution in [0.2, 0.25) is 0 Å². The van der Waals surface area contributed by atoms with E-state index in [1.165, 1.54) is 6.20 Å². The summed E-state index contributed by atoms with van der Waals surface area (Å²) < 4.78 is 10.9. The van der Waals surface area contributed by atoms with Crippen molar-refractivity contribution in [3.05, 3.63) is 42.1 Å². The third kappa shape index (κ3) is 5.10. The minimum absolute atomic E-state index is 0.335. The molecule has 0 unspecified atom stereocenters. The number of hydrogen-bond donors (Lipinski definition) is 3. The summed E-state index contributed by atoms with van der Waals surface area (Å²) in [5, 5.41) is 13.5. The summed E-state index contributed by atoms with van der Waals surface area (Å²) in [5.41, 5.74) is 1.43. The fourth-order valence-corrected chi connectivity index (χ4v) is 2.23. The predicted molar refractivity (Wildman–Crippen MR) is 95.9 cm³/mol. The highest BCUT2D eigenvalue weighted by molar-refractivity contribution is 5.96. The molecule has 2 rings (SSSR count). The van der Waals surface area contributed by atoms with E-state index < -0.39 is 18.0 Å². The van der Waals surface area contributed by atoms with Crippen molar-refractivity contribution in [2.45, 2.75) is 26.3 Å². The number of nitrogens with one attached hydrogen (secondary N) is 2. The largest absolute Gasteiger partial charge is 0.496 e. The van der Waals surface area contributed by atoms with Crippen LogP contribution in [0.4, 0.5) is 10.5 Å². The number of nitrogens with zero attached hydrogens (tertiary/aromatic N) is 1. The van der Waals surface area contributed by atoms with Crippen LogP contribution in [0.25, 0.3) is 0 Å². The topological polar surface area (TPSA) is 110 Å². The molecule has 0 aliphatic heterocycles. The van der Waals surface area contributed by atoms with Crippen LogP contribution >= 0.6 is 0 Å². The van der Waals surface area contributed by atoms with Crippen molar-refractivity contribution < 1.29 is 24.2 Å². The normalized spacial score (nSPS) is 11.3. The molecule has 1 heterocycles. The smallest absolute Gasteiger partial charge is 0.405 e. The van der Waals surface area contributed by atoms with Crippen LogP contribution < -0.4 is 20.1 Å². The maximum atomic E-state index is 12.0. The molecule has 1 aromatic heterocycles. The molecule has 1 atom stereocenters. The first-order valence-electron chi connectivity index (χ1n) is 8.01. The van der Waals surface area contributed by atoms with Crippen molar-refractivity contribution in [1.82, 2.24) is 10.3 Å².